The summed E-state index contributed by atoms with van der Waals surface area (Å²) < 4.78 is 0. The lowest BCUT2D eigenvalue weighted by Crippen LogP contribution is -2.16. The van der Waals surface area contributed by atoms with Gasteiger partial charge in [0.2, 0.25) is 0 Å². The van der Waals surface area contributed by atoms with Crippen molar-refractivity contribution in [3.05, 3.63) is 9.75 Å². The Balaban J connectivity index is 2.48. The van der Waals surface area contributed by atoms with Gasteiger partial charge in [0.1, 0.15) is 0 Å². The van der Waals surface area contributed by atoms with Gasteiger partial charge in [-0.05, 0) is 24.7 Å². The van der Waals surface area contributed by atoms with E-state index in [-0.39, 0.29) is 0 Å². The van der Waals surface area contributed by atoms with Crippen molar-refractivity contribution < 1.29 is 0 Å². The summed E-state index contributed by atoms with van der Waals surface area (Å²) >= 11 is 6.36. The van der Waals surface area contributed by atoms with Crippen LogP contribution < -0.4 is 0 Å². The number of thiophene rings is 1. The molecule has 0 N–H and O–H groups in total. The first kappa shape index (κ1) is 15.8. The maximum absolute atomic E-state index is 2.39. The van der Waals surface area contributed by atoms with Crippen LogP contribution in [0.15, 0.2) is 9.79 Å². The molecule has 0 radical (unpaired) electrons. The monoisotopic (exact) mass is 314 g/mol. The predicted molar refractivity (Wildman–Crippen MR) is 92.4 cm³/mol. The molecule has 19 heavy (non-hydrogen) atoms. The molecule has 2 rings (SSSR count). The number of rotatable bonds is 4. The zero-order chi connectivity index (χ0) is 14.2. The maximum Gasteiger partial charge on any atom is 0.0356 e. The van der Waals surface area contributed by atoms with Crippen molar-refractivity contribution >= 4 is 34.9 Å². The van der Waals surface area contributed by atoms with Gasteiger partial charge < -0.3 is 0 Å². The smallest absolute Gasteiger partial charge is 0.0356 e. The summed E-state index contributed by atoms with van der Waals surface area (Å²) in [5.74, 6) is 1.43. The van der Waals surface area contributed by atoms with Gasteiger partial charge in [0, 0.05) is 30.0 Å². The quantitative estimate of drug-likeness (QED) is 0.603. The Hall–Kier alpha value is 0.400. The molecule has 0 aromatic carbocycles. The third kappa shape index (κ3) is 3.03. The van der Waals surface area contributed by atoms with E-state index in [2.05, 4.69) is 76.4 Å². The van der Waals surface area contributed by atoms with E-state index >= 15 is 0 Å². The third-order valence-corrected chi connectivity index (χ3v) is 9.35. The molecule has 0 aliphatic carbocycles. The molecule has 1 aromatic heterocycles. The highest BCUT2D eigenvalue weighted by Crippen LogP contribution is 2.55. The van der Waals surface area contributed by atoms with Crippen LogP contribution in [0, 0.1) is 0 Å². The second-order valence-corrected chi connectivity index (χ2v) is 9.61. The summed E-state index contributed by atoms with van der Waals surface area (Å²) in [6.45, 7) is 14.2. The number of hydrogen-bond acceptors (Lipinski definition) is 3. The topological polar surface area (TPSA) is 0 Å². The minimum Gasteiger partial charge on any atom is -0.142 e. The molecule has 4 unspecified atom stereocenters. The van der Waals surface area contributed by atoms with Gasteiger partial charge in [0.05, 0.1) is 0 Å². The molecule has 1 aromatic rings. The molecule has 0 nitrogen and oxygen atoms in total. The highest BCUT2D eigenvalue weighted by atomic mass is 32.2. The summed E-state index contributed by atoms with van der Waals surface area (Å²) in [6, 6.07) is 0. The van der Waals surface area contributed by atoms with Crippen molar-refractivity contribution in [2.75, 3.05) is 0 Å². The summed E-state index contributed by atoms with van der Waals surface area (Å²) in [4.78, 5) is 6.57. The highest BCUT2D eigenvalue weighted by Gasteiger charge is 2.32. The van der Waals surface area contributed by atoms with Crippen LogP contribution in [-0.2, 0) is 0 Å². The predicted octanol–water partition coefficient (Wildman–Crippen LogP) is 6.75. The number of hydrogen-bond donors (Lipinski definition) is 0. The second kappa shape index (κ2) is 6.44. The molecule has 0 bridgehead atoms. The Morgan fingerprint density at radius 1 is 0.842 bits per heavy atom. The Bertz CT molecular complexity index is 397. The van der Waals surface area contributed by atoms with Gasteiger partial charge in [-0.2, -0.15) is 0 Å². The lowest BCUT2D eigenvalue weighted by molar-refractivity contribution is 0.721. The van der Waals surface area contributed by atoms with E-state index in [1.165, 1.54) is 12.8 Å². The van der Waals surface area contributed by atoms with Crippen molar-refractivity contribution in [2.45, 2.75) is 86.5 Å². The number of thioether (sulfide) groups is 2. The van der Waals surface area contributed by atoms with Crippen molar-refractivity contribution in [2.24, 2.45) is 0 Å². The lowest BCUT2D eigenvalue weighted by atomic mass is 10.1. The van der Waals surface area contributed by atoms with Gasteiger partial charge in [-0.15, -0.1) is 34.9 Å². The normalized spacial score (nSPS) is 26.0. The van der Waals surface area contributed by atoms with Gasteiger partial charge in [-0.1, -0.05) is 41.5 Å². The van der Waals surface area contributed by atoms with Crippen LogP contribution in [0.3, 0.4) is 0 Å². The minimum absolute atomic E-state index is 0.713. The van der Waals surface area contributed by atoms with Gasteiger partial charge >= 0.3 is 0 Å². The molecule has 2 heterocycles. The van der Waals surface area contributed by atoms with Gasteiger partial charge in [-0.3, -0.25) is 0 Å². The van der Waals surface area contributed by atoms with E-state index in [0.29, 0.717) is 11.8 Å². The average molecular weight is 315 g/mol. The highest BCUT2D eigenvalue weighted by molar-refractivity contribution is 8.06. The fourth-order valence-electron chi connectivity index (χ4n) is 2.24. The average Bonchev–Trinajstić information content (AvgIpc) is 2.76. The Labute approximate surface area is 131 Å². The maximum atomic E-state index is 2.39. The van der Waals surface area contributed by atoms with Crippen LogP contribution in [0.4, 0.5) is 0 Å². The molecule has 0 spiro atoms. The molecule has 108 valence electrons. The van der Waals surface area contributed by atoms with Crippen LogP contribution in [0.1, 0.15) is 76.0 Å². The van der Waals surface area contributed by atoms with Gasteiger partial charge in [0.15, 0.2) is 0 Å². The van der Waals surface area contributed by atoms with Crippen LogP contribution in [0.5, 0.6) is 0 Å². The molecular weight excluding hydrogens is 288 g/mol. The molecule has 1 aliphatic heterocycles. The zero-order valence-corrected chi connectivity index (χ0v) is 15.4. The SMILES string of the molecule is CCC(C)c1sc(C(C)CC)c2c1SC(C)C(C)S2. The van der Waals surface area contributed by atoms with E-state index in [9.17, 15) is 0 Å². The van der Waals surface area contributed by atoms with E-state index in [1.807, 2.05) is 0 Å². The standard InChI is InChI=1S/C16H26S3/c1-7-9(3)13-15-16(14(19-13)10(4)8-2)18-12(6)11(5)17-15/h9-12H,7-8H2,1-6H3. The van der Waals surface area contributed by atoms with E-state index < -0.39 is 0 Å². The minimum atomic E-state index is 0.713. The molecule has 4 atom stereocenters. The van der Waals surface area contributed by atoms with E-state index in [4.69, 9.17) is 0 Å². The van der Waals surface area contributed by atoms with Crippen LogP contribution in [0.25, 0.3) is 0 Å². The molecule has 0 fully saturated rings. The Morgan fingerprint density at radius 3 is 1.53 bits per heavy atom. The van der Waals surface area contributed by atoms with Crippen molar-refractivity contribution in [3.8, 4) is 0 Å². The molecule has 0 amide bonds. The summed E-state index contributed by atoms with van der Waals surface area (Å²) in [6.07, 6.45) is 2.50. The fourth-order valence-corrected chi connectivity index (χ4v) is 7.09. The van der Waals surface area contributed by atoms with Gasteiger partial charge in [-0.25, -0.2) is 0 Å². The molecule has 0 saturated heterocycles. The first-order valence-electron chi connectivity index (χ1n) is 7.49. The van der Waals surface area contributed by atoms with Crippen LogP contribution in [0.2, 0.25) is 0 Å². The van der Waals surface area contributed by atoms with Crippen molar-refractivity contribution in [1.82, 2.24) is 0 Å². The first-order chi connectivity index (χ1) is 8.99. The molecule has 1 aliphatic rings. The van der Waals surface area contributed by atoms with E-state index in [1.54, 1.807) is 19.5 Å². The second-order valence-electron chi connectivity index (χ2n) is 5.75. The van der Waals surface area contributed by atoms with E-state index in [0.717, 1.165) is 10.5 Å². The first-order valence-corrected chi connectivity index (χ1v) is 10.1. The summed E-state index contributed by atoms with van der Waals surface area (Å²) in [5, 5.41) is 1.47. The van der Waals surface area contributed by atoms with Gasteiger partial charge in [0.25, 0.3) is 0 Å². The fraction of sp³-hybridized carbons (Fsp3) is 0.750. The van der Waals surface area contributed by atoms with Crippen LogP contribution >= 0.6 is 34.9 Å². The van der Waals surface area contributed by atoms with Crippen molar-refractivity contribution in [1.29, 1.82) is 0 Å². The van der Waals surface area contributed by atoms with Crippen molar-refractivity contribution in [3.63, 3.8) is 0 Å². The molecule has 3 heteroatoms. The Kier molecular flexibility index (Phi) is 5.35. The third-order valence-electron chi connectivity index (χ3n) is 4.26. The largest absolute Gasteiger partial charge is 0.142 e. The summed E-state index contributed by atoms with van der Waals surface area (Å²) in [7, 11) is 0. The Morgan fingerprint density at radius 2 is 1.21 bits per heavy atom. The molecular formula is C16H26S3. The van der Waals surface area contributed by atoms with Crippen LogP contribution in [-0.4, -0.2) is 10.5 Å². The molecule has 0 saturated carbocycles. The zero-order valence-electron chi connectivity index (χ0n) is 12.9. The lowest BCUT2D eigenvalue weighted by Gasteiger charge is -2.27. The number of fused-ring (bicyclic) bond motifs is 1. The summed E-state index contributed by atoms with van der Waals surface area (Å²) in [5.41, 5.74) is 0.